The zero-order valence-corrected chi connectivity index (χ0v) is 13.8. The molecule has 0 aromatic heterocycles. The molecule has 1 aliphatic carbocycles. The summed E-state index contributed by atoms with van der Waals surface area (Å²) in [7, 11) is 0. The summed E-state index contributed by atoms with van der Waals surface area (Å²) >= 11 is 0. The lowest BCUT2D eigenvalue weighted by Gasteiger charge is -2.25. The second kappa shape index (κ2) is 7.57. The van der Waals surface area contributed by atoms with Gasteiger partial charge < -0.3 is 10.6 Å². The fourth-order valence-electron chi connectivity index (χ4n) is 2.73. The van der Waals surface area contributed by atoms with E-state index in [1.807, 2.05) is 0 Å². The van der Waals surface area contributed by atoms with E-state index in [9.17, 15) is 14.0 Å². The topological polar surface area (TPSA) is 58.2 Å². The Hall–Kier alpha value is -1.91. The Labute approximate surface area is 136 Å². The predicted molar refractivity (Wildman–Crippen MR) is 87.3 cm³/mol. The van der Waals surface area contributed by atoms with Crippen molar-refractivity contribution < 1.29 is 14.0 Å². The third-order valence-corrected chi connectivity index (χ3v) is 4.44. The number of hydrogen-bond acceptors (Lipinski definition) is 2. The maximum atomic E-state index is 12.8. The van der Waals surface area contributed by atoms with Crippen molar-refractivity contribution in [2.24, 2.45) is 5.41 Å². The van der Waals surface area contributed by atoms with Crippen molar-refractivity contribution in [1.29, 1.82) is 0 Å². The van der Waals surface area contributed by atoms with Gasteiger partial charge in [-0.15, -0.1) is 0 Å². The van der Waals surface area contributed by atoms with E-state index >= 15 is 0 Å². The first-order chi connectivity index (χ1) is 10.9. The molecule has 1 fully saturated rings. The third-order valence-electron chi connectivity index (χ3n) is 4.44. The minimum atomic E-state index is -1.09. The molecule has 0 spiro atoms. The van der Waals surface area contributed by atoms with E-state index in [0.29, 0.717) is 13.0 Å². The minimum Gasteiger partial charge on any atom is -0.355 e. The molecule has 0 bridgehead atoms. The van der Waals surface area contributed by atoms with E-state index in [1.165, 1.54) is 12.1 Å². The largest absolute Gasteiger partial charge is 0.355 e. The van der Waals surface area contributed by atoms with Gasteiger partial charge in [-0.2, -0.15) is 0 Å². The highest BCUT2D eigenvalue weighted by atomic mass is 19.1. The average molecular weight is 320 g/mol. The van der Waals surface area contributed by atoms with Gasteiger partial charge in [0.25, 0.3) is 0 Å². The van der Waals surface area contributed by atoms with E-state index in [-0.39, 0.29) is 23.7 Å². The second-order valence-corrected chi connectivity index (χ2v) is 6.71. The molecule has 2 N–H and O–H groups in total. The molecule has 126 valence electrons. The van der Waals surface area contributed by atoms with Crippen molar-refractivity contribution >= 4 is 11.8 Å². The minimum absolute atomic E-state index is 0.203. The third kappa shape index (κ3) is 4.78. The van der Waals surface area contributed by atoms with Gasteiger partial charge in [-0.05, 0) is 50.8 Å². The van der Waals surface area contributed by atoms with Gasteiger partial charge in [-0.3, -0.25) is 9.59 Å². The molecule has 0 unspecified atom stereocenters. The molecule has 0 heterocycles. The lowest BCUT2D eigenvalue weighted by Crippen LogP contribution is -2.50. The number of carbonyl (C=O) groups excluding carboxylic acids is 2. The highest BCUT2D eigenvalue weighted by Gasteiger charge is 2.37. The quantitative estimate of drug-likeness (QED) is 0.792. The van der Waals surface area contributed by atoms with Crippen LogP contribution in [0.3, 0.4) is 0 Å². The molecule has 4 nitrogen and oxygen atoms in total. The Bertz CT molecular complexity index is 549. The van der Waals surface area contributed by atoms with Crippen LogP contribution < -0.4 is 10.6 Å². The molecule has 1 saturated carbocycles. The van der Waals surface area contributed by atoms with Crippen LogP contribution in [0.1, 0.15) is 45.1 Å². The van der Waals surface area contributed by atoms with Gasteiger partial charge in [0.1, 0.15) is 11.2 Å². The summed E-state index contributed by atoms with van der Waals surface area (Å²) in [5.74, 6) is -0.777. The number of halogens is 1. The first-order valence-corrected chi connectivity index (χ1v) is 8.23. The smallest absolute Gasteiger partial charge is 0.235 e. The van der Waals surface area contributed by atoms with Gasteiger partial charge in [0, 0.05) is 12.6 Å². The summed E-state index contributed by atoms with van der Waals surface area (Å²) in [6.07, 6.45) is 4.86. The SMILES string of the molecule is CC(C)(C(=O)NCCc1ccc(F)cc1)C(=O)NC1CCCC1. The summed E-state index contributed by atoms with van der Waals surface area (Å²) in [4.78, 5) is 24.6. The summed E-state index contributed by atoms with van der Waals surface area (Å²) in [5.41, 5.74) is -0.148. The summed E-state index contributed by atoms with van der Waals surface area (Å²) in [6, 6.07) is 6.39. The number of hydrogen-bond donors (Lipinski definition) is 2. The Morgan fingerprint density at radius 3 is 2.35 bits per heavy atom. The Balaban J connectivity index is 1.80. The average Bonchev–Trinajstić information content (AvgIpc) is 3.02. The predicted octanol–water partition coefficient (Wildman–Crippen LogP) is 2.57. The van der Waals surface area contributed by atoms with Crippen LogP contribution in [-0.2, 0) is 16.0 Å². The number of rotatable bonds is 6. The Morgan fingerprint density at radius 1 is 1.13 bits per heavy atom. The van der Waals surface area contributed by atoms with Gasteiger partial charge in [0.05, 0.1) is 0 Å². The lowest BCUT2D eigenvalue weighted by atomic mass is 9.90. The Morgan fingerprint density at radius 2 is 1.74 bits per heavy atom. The highest BCUT2D eigenvalue weighted by molar-refractivity contribution is 6.04. The van der Waals surface area contributed by atoms with Crippen LogP contribution in [0.15, 0.2) is 24.3 Å². The summed E-state index contributed by atoms with van der Waals surface area (Å²) in [6.45, 7) is 3.71. The van der Waals surface area contributed by atoms with E-state index in [4.69, 9.17) is 0 Å². The summed E-state index contributed by atoms with van der Waals surface area (Å²) < 4.78 is 12.8. The van der Waals surface area contributed by atoms with Crippen molar-refractivity contribution in [2.45, 2.75) is 52.0 Å². The molecule has 5 heteroatoms. The molecular weight excluding hydrogens is 295 g/mol. The van der Waals surface area contributed by atoms with Crippen LogP contribution in [-0.4, -0.2) is 24.4 Å². The number of benzene rings is 1. The van der Waals surface area contributed by atoms with Gasteiger partial charge >= 0.3 is 0 Å². The standard InChI is InChI=1S/C18H25FN2O2/c1-18(2,17(23)21-15-5-3-4-6-15)16(22)20-12-11-13-7-9-14(19)10-8-13/h7-10,15H,3-6,11-12H2,1-2H3,(H,20,22)(H,21,23). The molecule has 0 radical (unpaired) electrons. The fraction of sp³-hybridized carbons (Fsp3) is 0.556. The van der Waals surface area contributed by atoms with Crippen molar-refractivity contribution in [1.82, 2.24) is 10.6 Å². The maximum Gasteiger partial charge on any atom is 0.235 e. The van der Waals surface area contributed by atoms with Crippen LogP contribution in [0, 0.1) is 11.2 Å². The van der Waals surface area contributed by atoms with Crippen molar-refractivity contribution in [3.63, 3.8) is 0 Å². The molecule has 0 atom stereocenters. The Kier molecular flexibility index (Phi) is 5.74. The summed E-state index contributed by atoms with van der Waals surface area (Å²) in [5, 5.41) is 5.77. The van der Waals surface area contributed by atoms with Crippen molar-refractivity contribution in [3.8, 4) is 0 Å². The van der Waals surface area contributed by atoms with E-state index in [2.05, 4.69) is 10.6 Å². The van der Waals surface area contributed by atoms with Crippen molar-refractivity contribution in [3.05, 3.63) is 35.6 Å². The second-order valence-electron chi connectivity index (χ2n) is 6.71. The van der Waals surface area contributed by atoms with Crippen LogP contribution in [0.5, 0.6) is 0 Å². The van der Waals surface area contributed by atoms with Gasteiger partial charge in [-0.25, -0.2) is 4.39 Å². The molecule has 1 aromatic carbocycles. The lowest BCUT2D eigenvalue weighted by molar-refractivity contribution is -0.141. The number of amides is 2. The van der Waals surface area contributed by atoms with Crippen LogP contribution in [0.4, 0.5) is 4.39 Å². The zero-order valence-electron chi connectivity index (χ0n) is 13.8. The molecule has 1 aromatic rings. The number of carbonyl (C=O) groups is 2. The molecule has 0 saturated heterocycles. The highest BCUT2D eigenvalue weighted by Crippen LogP contribution is 2.21. The molecule has 2 amide bonds. The first kappa shape index (κ1) is 17.4. The molecular formula is C18H25FN2O2. The molecule has 2 rings (SSSR count). The van der Waals surface area contributed by atoms with Gasteiger partial charge in [0.15, 0.2) is 0 Å². The van der Waals surface area contributed by atoms with Crippen LogP contribution in [0.25, 0.3) is 0 Å². The van der Waals surface area contributed by atoms with E-state index in [0.717, 1.165) is 31.2 Å². The normalized spacial score (nSPS) is 15.4. The monoisotopic (exact) mass is 320 g/mol. The van der Waals surface area contributed by atoms with E-state index < -0.39 is 5.41 Å². The van der Waals surface area contributed by atoms with Crippen LogP contribution in [0.2, 0.25) is 0 Å². The van der Waals surface area contributed by atoms with Crippen molar-refractivity contribution in [2.75, 3.05) is 6.54 Å². The first-order valence-electron chi connectivity index (χ1n) is 8.23. The molecule has 23 heavy (non-hydrogen) atoms. The zero-order chi connectivity index (χ0) is 16.9. The fourth-order valence-corrected chi connectivity index (χ4v) is 2.73. The number of nitrogens with one attached hydrogen (secondary N) is 2. The van der Waals surface area contributed by atoms with Gasteiger partial charge in [-0.1, -0.05) is 25.0 Å². The van der Waals surface area contributed by atoms with Gasteiger partial charge in [0.2, 0.25) is 11.8 Å². The van der Waals surface area contributed by atoms with E-state index in [1.54, 1.807) is 26.0 Å². The van der Waals surface area contributed by atoms with Crippen LogP contribution >= 0.6 is 0 Å². The molecule has 0 aliphatic heterocycles. The molecule has 1 aliphatic rings. The maximum absolute atomic E-state index is 12.8.